The molecule has 1 aliphatic rings. The van der Waals surface area contributed by atoms with E-state index in [0.717, 1.165) is 0 Å². The van der Waals surface area contributed by atoms with Crippen molar-refractivity contribution < 1.29 is 43.2 Å². The highest BCUT2D eigenvalue weighted by Gasteiger charge is 2.32. The third kappa shape index (κ3) is 9.56. The van der Waals surface area contributed by atoms with E-state index in [9.17, 15) is 19.2 Å². The first kappa shape index (κ1) is 25.9. The van der Waals surface area contributed by atoms with E-state index in [0.29, 0.717) is 32.1 Å². The summed E-state index contributed by atoms with van der Waals surface area (Å²) in [7, 11) is 0. The number of aliphatic carboxylic acids is 1. The molecule has 1 aliphatic carbocycles. The quantitative estimate of drug-likeness (QED) is 0.266. The number of carbonyl (C=O) groups excluding carboxylic acids is 3. The van der Waals surface area contributed by atoms with Gasteiger partial charge >= 0.3 is 23.9 Å². The maximum atomic E-state index is 12.0. The van der Waals surface area contributed by atoms with Crippen LogP contribution in [0.2, 0.25) is 0 Å². The monoisotopic (exact) mass is 430 g/mol. The van der Waals surface area contributed by atoms with Gasteiger partial charge in [0.2, 0.25) is 0 Å². The Hall–Kier alpha value is -2.16. The summed E-state index contributed by atoms with van der Waals surface area (Å²) >= 11 is 0. The van der Waals surface area contributed by atoms with Gasteiger partial charge in [0.1, 0.15) is 19.8 Å². The molecule has 172 valence electrons. The molecule has 0 heterocycles. The smallest absolute Gasteiger partial charge is 0.311 e. The molecule has 0 aromatic rings. The second-order valence-corrected chi connectivity index (χ2v) is 8.02. The lowest BCUT2D eigenvalue weighted by molar-refractivity contribution is -0.159. The van der Waals surface area contributed by atoms with Crippen molar-refractivity contribution >= 4 is 23.9 Å². The molecule has 0 aliphatic heterocycles. The summed E-state index contributed by atoms with van der Waals surface area (Å²) in [4.78, 5) is 46.4. The summed E-state index contributed by atoms with van der Waals surface area (Å²) in [5, 5.41) is 9.06. The van der Waals surface area contributed by atoms with Crippen LogP contribution in [0.5, 0.6) is 0 Å². The van der Waals surface area contributed by atoms with Crippen LogP contribution in [0.4, 0.5) is 0 Å². The fourth-order valence-electron chi connectivity index (χ4n) is 2.91. The van der Waals surface area contributed by atoms with Crippen LogP contribution in [-0.2, 0) is 38.1 Å². The molecule has 9 nitrogen and oxygen atoms in total. The molecule has 1 fully saturated rings. The number of hydrogen-bond donors (Lipinski definition) is 1. The lowest BCUT2D eigenvalue weighted by atomic mass is 9.81. The first-order valence-corrected chi connectivity index (χ1v) is 10.5. The van der Waals surface area contributed by atoms with Crippen molar-refractivity contribution in [1.29, 1.82) is 0 Å². The van der Waals surface area contributed by atoms with Crippen LogP contribution in [0.3, 0.4) is 0 Å². The van der Waals surface area contributed by atoms with Crippen LogP contribution in [0.25, 0.3) is 0 Å². The van der Waals surface area contributed by atoms with Gasteiger partial charge in [0.25, 0.3) is 0 Å². The predicted octanol–water partition coefficient (Wildman–Crippen LogP) is 2.35. The SMILES string of the molecule is CCC(C)(C)C(=O)OCCOC(=O)CCOCCOC(=O)C1CCCC(C(=O)O)C1. The van der Waals surface area contributed by atoms with Crippen molar-refractivity contribution in [3.8, 4) is 0 Å². The van der Waals surface area contributed by atoms with Gasteiger partial charge in [-0.05, 0) is 39.5 Å². The molecular formula is C21H34O9. The fourth-order valence-corrected chi connectivity index (χ4v) is 2.91. The Morgan fingerprint density at radius 3 is 2.20 bits per heavy atom. The third-order valence-corrected chi connectivity index (χ3v) is 5.30. The summed E-state index contributed by atoms with van der Waals surface area (Å²) in [6.45, 7) is 5.77. The number of carboxylic acid groups (broad SMARTS) is 1. The van der Waals surface area contributed by atoms with E-state index in [1.807, 2.05) is 6.92 Å². The normalized spacial score (nSPS) is 19.0. The van der Waals surface area contributed by atoms with Gasteiger partial charge in [-0.15, -0.1) is 0 Å². The molecule has 9 heteroatoms. The van der Waals surface area contributed by atoms with Gasteiger partial charge in [-0.25, -0.2) is 0 Å². The first-order chi connectivity index (χ1) is 14.2. The minimum absolute atomic E-state index is 0.00865. The maximum absolute atomic E-state index is 12.0. The van der Waals surface area contributed by atoms with Crippen LogP contribution < -0.4 is 0 Å². The van der Waals surface area contributed by atoms with Crippen molar-refractivity contribution in [2.75, 3.05) is 33.0 Å². The zero-order chi connectivity index (χ0) is 22.6. The molecule has 0 radical (unpaired) electrons. The minimum atomic E-state index is -0.870. The molecule has 2 unspecified atom stereocenters. The zero-order valence-corrected chi connectivity index (χ0v) is 18.1. The minimum Gasteiger partial charge on any atom is -0.481 e. The Kier molecular flexibility index (Phi) is 11.4. The van der Waals surface area contributed by atoms with Crippen LogP contribution in [-0.4, -0.2) is 62.0 Å². The summed E-state index contributed by atoms with van der Waals surface area (Å²) in [6.07, 6.45) is 2.93. The third-order valence-electron chi connectivity index (χ3n) is 5.30. The van der Waals surface area contributed by atoms with Crippen LogP contribution in [0.15, 0.2) is 0 Å². The molecule has 0 aromatic carbocycles. The van der Waals surface area contributed by atoms with Crippen molar-refractivity contribution in [1.82, 2.24) is 0 Å². The van der Waals surface area contributed by atoms with Crippen molar-refractivity contribution in [2.24, 2.45) is 17.3 Å². The molecule has 0 spiro atoms. The van der Waals surface area contributed by atoms with E-state index >= 15 is 0 Å². The summed E-state index contributed by atoms with van der Waals surface area (Å²) in [5.74, 6) is -2.94. The van der Waals surface area contributed by atoms with E-state index < -0.39 is 29.2 Å². The van der Waals surface area contributed by atoms with Gasteiger partial charge in [-0.2, -0.15) is 0 Å². The average Bonchev–Trinajstić information content (AvgIpc) is 2.73. The van der Waals surface area contributed by atoms with Gasteiger partial charge < -0.3 is 24.1 Å². The highest BCUT2D eigenvalue weighted by molar-refractivity contribution is 5.76. The number of carboxylic acids is 1. The first-order valence-electron chi connectivity index (χ1n) is 10.5. The summed E-state index contributed by atoms with van der Waals surface area (Å²) in [6, 6.07) is 0. The molecule has 2 atom stereocenters. The maximum Gasteiger partial charge on any atom is 0.311 e. The molecule has 0 amide bonds. The van der Waals surface area contributed by atoms with E-state index in [1.54, 1.807) is 13.8 Å². The predicted molar refractivity (Wildman–Crippen MR) is 105 cm³/mol. The van der Waals surface area contributed by atoms with Crippen molar-refractivity contribution in [2.45, 2.75) is 59.3 Å². The largest absolute Gasteiger partial charge is 0.481 e. The van der Waals surface area contributed by atoms with Gasteiger partial charge in [0.15, 0.2) is 0 Å². The Bertz CT molecular complexity index is 585. The lowest BCUT2D eigenvalue weighted by Crippen LogP contribution is -2.29. The number of rotatable bonds is 13. The Morgan fingerprint density at radius 1 is 0.900 bits per heavy atom. The second-order valence-electron chi connectivity index (χ2n) is 8.02. The molecule has 1 rings (SSSR count). The second kappa shape index (κ2) is 13.2. The van der Waals surface area contributed by atoms with Gasteiger partial charge in [-0.3, -0.25) is 19.2 Å². The molecule has 1 N–H and O–H groups in total. The zero-order valence-electron chi connectivity index (χ0n) is 18.1. The Morgan fingerprint density at radius 2 is 1.53 bits per heavy atom. The van der Waals surface area contributed by atoms with Crippen molar-refractivity contribution in [3.05, 3.63) is 0 Å². The number of carbonyl (C=O) groups is 4. The molecular weight excluding hydrogens is 396 g/mol. The molecule has 0 aromatic heterocycles. The number of esters is 3. The highest BCUT2D eigenvalue weighted by Crippen LogP contribution is 2.30. The van der Waals surface area contributed by atoms with Crippen LogP contribution >= 0.6 is 0 Å². The van der Waals surface area contributed by atoms with Gasteiger partial charge in [-0.1, -0.05) is 13.3 Å². The van der Waals surface area contributed by atoms with E-state index in [1.165, 1.54) is 0 Å². The lowest BCUT2D eigenvalue weighted by Gasteiger charge is -2.24. The van der Waals surface area contributed by atoms with Crippen LogP contribution in [0.1, 0.15) is 59.3 Å². The van der Waals surface area contributed by atoms with Crippen LogP contribution in [0, 0.1) is 17.3 Å². The molecule has 30 heavy (non-hydrogen) atoms. The number of ether oxygens (including phenoxy) is 4. The standard InChI is InChI=1S/C21H34O9/c1-4-21(2,3)20(26)30-13-12-28-17(22)8-9-27-10-11-29-19(25)16-7-5-6-15(14-16)18(23)24/h15-16H,4-14H2,1-3H3,(H,23,24). The summed E-state index contributed by atoms with van der Waals surface area (Å²) in [5.41, 5.74) is -0.559. The van der Waals surface area contributed by atoms with Gasteiger partial charge in [0, 0.05) is 0 Å². The Balaban J connectivity index is 2.04. The topological polar surface area (TPSA) is 125 Å². The van der Waals surface area contributed by atoms with E-state index in [2.05, 4.69) is 0 Å². The van der Waals surface area contributed by atoms with Gasteiger partial charge in [0.05, 0.1) is 36.9 Å². The highest BCUT2D eigenvalue weighted by atomic mass is 16.6. The molecule has 1 saturated carbocycles. The number of hydrogen-bond acceptors (Lipinski definition) is 8. The van der Waals surface area contributed by atoms with Crippen molar-refractivity contribution in [3.63, 3.8) is 0 Å². The van der Waals surface area contributed by atoms with E-state index in [4.69, 9.17) is 24.1 Å². The summed E-state index contributed by atoms with van der Waals surface area (Å²) < 4.78 is 20.4. The molecule has 0 saturated heterocycles. The van der Waals surface area contributed by atoms with E-state index in [-0.39, 0.29) is 51.3 Å². The molecule has 0 bridgehead atoms. The average molecular weight is 430 g/mol. The fraction of sp³-hybridized carbons (Fsp3) is 0.810. The Labute approximate surface area is 177 Å².